The molecule has 1 N–H and O–H groups in total. The van der Waals surface area contributed by atoms with E-state index >= 15 is 0 Å². The van der Waals surface area contributed by atoms with Crippen LogP contribution in [0.15, 0.2) is 12.1 Å². The summed E-state index contributed by atoms with van der Waals surface area (Å²) in [6.45, 7) is -0.300. The summed E-state index contributed by atoms with van der Waals surface area (Å²) in [6.07, 6.45) is -1.75. The Balaban J connectivity index is 1.73. The van der Waals surface area contributed by atoms with Crippen molar-refractivity contribution in [3.05, 3.63) is 29.3 Å². The van der Waals surface area contributed by atoms with Gasteiger partial charge in [-0.15, -0.1) is 0 Å². The second kappa shape index (κ2) is 8.45. The number of halogens is 4. The highest BCUT2D eigenvalue weighted by atomic mass is 32.2. The maximum Gasteiger partial charge on any atom is 0.482 e. The average Bonchev–Trinajstić information content (AvgIpc) is 3.08. The maximum absolute atomic E-state index is 14.9. The maximum atomic E-state index is 14.9. The lowest BCUT2D eigenvalue weighted by Gasteiger charge is -2.32. The number of sulfonamides is 1. The Labute approximate surface area is 183 Å². The third kappa shape index (κ3) is 4.72. The number of nitrogens with one attached hydrogen (secondary N) is 1. The summed E-state index contributed by atoms with van der Waals surface area (Å²) in [5.41, 5.74) is -0.0396. The molecule has 1 unspecified atom stereocenters. The molecule has 178 valence electrons. The van der Waals surface area contributed by atoms with Crippen molar-refractivity contribution in [2.75, 3.05) is 19.4 Å². The van der Waals surface area contributed by atoms with Gasteiger partial charge in [-0.25, -0.2) is 21.9 Å². The molecule has 2 bridgehead atoms. The predicted octanol–water partition coefficient (Wildman–Crippen LogP) is 2.51. The molecular formula is C20H24F4N2O5S. The summed E-state index contributed by atoms with van der Waals surface area (Å²) in [6, 6.07) is -0.390. The zero-order valence-electron chi connectivity index (χ0n) is 17.3. The van der Waals surface area contributed by atoms with Crippen LogP contribution in [0.1, 0.15) is 43.6 Å². The van der Waals surface area contributed by atoms with E-state index in [-0.39, 0.29) is 31.2 Å². The molecule has 1 saturated carbocycles. The number of fused-ring (bicyclic) bond motifs is 5. The highest BCUT2D eigenvalue weighted by Crippen LogP contribution is 2.42. The molecule has 3 aliphatic heterocycles. The van der Waals surface area contributed by atoms with Crippen LogP contribution in [0, 0.1) is 11.6 Å². The predicted molar refractivity (Wildman–Crippen MR) is 105 cm³/mol. The Morgan fingerprint density at radius 2 is 1.81 bits per heavy atom. The van der Waals surface area contributed by atoms with Gasteiger partial charge < -0.3 is 14.4 Å². The van der Waals surface area contributed by atoms with E-state index in [1.165, 1.54) is 0 Å². The molecule has 1 aromatic rings. The van der Waals surface area contributed by atoms with Gasteiger partial charge in [-0.3, -0.25) is 4.79 Å². The van der Waals surface area contributed by atoms with Crippen molar-refractivity contribution < 1.29 is 40.2 Å². The molecule has 2 atom stereocenters. The first-order valence-electron chi connectivity index (χ1n) is 10.4. The lowest BCUT2D eigenvalue weighted by molar-refractivity contribution is -0.206. The summed E-state index contributed by atoms with van der Waals surface area (Å²) in [7, 11) is -3.67. The van der Waals surface area contributed by atoms with Crippen molar-refractivity contribution in [3.8, 4) is 5.75 Å². The van der Waals surface area contributed by atoms with Crippen LogP contribution >= 0.6 is 0 Å². The fraction of sp³-hybridized carbons (Fsp3) is 0.650. The number of alkyl halides is 2. The van der Waals surface area contributed by atoms with Crippen LogP contribution in [0.4, 0.5) is 17.6 Å². The number of hydrogen-bond acceptors (Lipinski definition) is 5. The Hall–Kier alpha value is -1.92. The van der Waals surface area contributed by atoms with E-state index in [1.54, 1.807) is 0 Å². The van der Waals surface area contributed by atoms with Crippen molar-refractivity contribution in [3.63, 3.8) is 0 Å². The second-order valence-corrected chi connectivity index (χ2v) is 10.4. The third-order valence-corrected chi connectivity index (χ3v) is 7.04. The van der Waals surface area contributed by atoms with Gasteiger partial charge in [-0.05, 0) is 44.1 Å². The topological polar surface area (TPSA) is 84.9 Å². The number of amides is 1. The summed E-state index contributed by atoms with van der Waals surface area (Å²) >= 11 is 0. The molecule has 5 rings (SSSR count). The molecule has 1 aliphatic carbocycles. The minimum absolute atomic E-state index is 0.0396. The van der Waals surface area contributed by atoms with Gasteiger partial charge in [-0.1, -0.05) is 0 Å². The van der Waals surface area contributed by atoms with E-state index < -0.39 is 57.4 Å². The highest BCUT2D eigenvalue weighted by Gasteiger charge is 2.52. The van der Waals surface area contributed by atoms with Crippen molar-refractivity contribution >= 4 is 15.9 Å². The van der Waals surface area contributed by atoms with Crippen molar-refractivity contribution in [1.82, 2.24) is 9.62 Å². The Kier molecular flexibility index (Phi) is 6.14. The number of hydrogen-bond donors (Lipinski definition) is 1. The second-order valence-electron chi connectivity index (χ2n) is 8.58. The van der Waals surface area contributed by atoms with Crippen LogP contribution in [0.2, 0.25) is 0 Å². The monoisotopic (exact) mass is 480 g/mol. The van der Waals surface area contributed by atoms with E-state index in [0.717, 1.165) is 17.2 Å². The molecule has 1 aromatic carbocycles. The number of nitrogens with zero attached hydrogens (tertiary/aromatic N) is 1. The molecule has 1 saturated heterocycles. The van der Waals surface area contributed by atoms with Gasteiger partial charge in [0.05, 0.1) is 25.0 Å². The fourth-order valence-corrected chi connectivity index (χ4v) is 5.65. The Morgan fingerprint density at radius 1 is 1.12 bits per heavy atom. The first-order chi connectivity index (χ1) is 14.9. The van der Waals surface area contributed by atoms with Crippen LogP contribution in [-0.2, 0) is 19.6 Å². The normalized spacial score (nSPS) is 30.5. The number of benzene rings is 1. The van der Waals surface area contributed by atoms with Crippen molar-refractivity contribution in [1.29, 1.82) is 0 Å². The van der Waals surface area contributed by atoms with E-state index in [1.807, 2.05) is 0 Å². The SMILES string of the molecule is CS(=O)(=O)N[C@H]1CCN2C(=O)C(F)(F)Oc3c(F)cc(F)cc3C3CCC(CC3)OCC12. The van der Waals surface area contributed by atoms with Crippen molar-refractivity contribution in [2.45, 2.75) is 62.3 Å². The van der Waals surface area contributed by atoms with Gasteiger partial charge >= 0.3 is 12.0 Å². The highest BCUT2D eigenvalue weighted by molar-refractivity contribution is 7.88. The van der Waals surface area contributed by atoms with Gasteiger partial charge in [-0.2, -0.15) is 8.78 Å². The summed E-state index contributed by atoms with van der Waals surface area (Å²) in [5, 5.41) is 0. The average molecular weight is 480 g/mol. The standard InChI is InChI=1S/C20H24F4N2O5S/c1-32(28,29)25-16-6-7-26-17(16)10-30-13-4-2-11(3-5-13)14-8-12(21)9-15(22)18(14)31-20(23,24)19(26)27/h8-9,11,13,16-17,25H,2-7,10H2,1H3/t11?,13?,16-,17?/m0/s1. The van der Waals surface area contributed by atoms with Gasteiger partial charge in [0.25, 0.3) is 0 Å². The van der Waals surface area contributed by atoms with Crippen LogP contribution < -0.4 is 9.46 Å². The molecule has 32 heavy (non-hydrogen) atoms. The van der Waals surface area contributed by atoms with E-state index in [9.17, 15) is 30.8 Å². The molecule has 0 spiro atoms. The fourth-order valence-electron chi connectivity index (χ4n) is 4.83. The number of carbonyl (C=O) groups excluding carboxylic acids is 1. The molecule has 12 heteroatoms. The first kappa shape index (κ1) is 23.2. The van der Waals surface area contributed by atoms with E-state index in [2.05, 4.69) is 9.46 Å². The Morgan fingerprint density at radius 3 is 2.47 bits per heavy atom. The Bertz CT molecular complexity index is 998. The molecule has 7 nitrogen and oxygen atoms in total. The molecular weight excluding hydrogens is 456 g/mol. The van der Waals surface area contributed by atoms with Crippen LogP contribution in [0.3, 0.4) is 0 Å². The molecule has 0 aromatic heterocycles. The summed E-state index contributed by atoms with van der Waals surface area (Å²) in [5.74, 6) is -5.23. The lowest BCUT2D eigenvalue weighted by Crippen LogP contribution is -2.54. The minimum Gasteiger partial charge on any atom is -0.422 e. The van der Waals surface area contributed by atoms with Crippen LogP contribution in [0.25, 0.3) is 0 Å². The van der Waals surface area contributed by atoms with E-state index in [4.69, 9.17) is 4.74 Å². The van der Waals surface area contributed by atoms with Gasteiger partial charge in [0.1, 0.15) is 5.82 Å². The van der Waals surface area contributed by atoms with E-state index in [0.29, 0.717) is 31.7 Å². The molecule has 4 aliphatic rings. The van der Waals surface area contributed by atoms with Crippen molar-refractivity contribution in [2.24, 2.45) is 0 Å². The number of rotatable bonds is 2. The smallest absolute Gasteiger partial charge is 0.422 e. The molecule has 1 amide bonds. The lowest BCUT2D eigenvalue weighted by atomic mass is 9.82. The zero-order chi connectivity index (χ0) is 23.3. The van der Waals surface area contributed by atoms with Gasteiger partial charge in [0.2, 0.25) is 10.0 Å². The van der Waals surface area contributed by atoms with Crippen LogP contribution in [0.5, 0.6) is 5.75 Å². The molecule has 0 radical (unpaired) electrons. The van der Waals surface area contributed by atoms with Crippen LogP contribution in [-0.4, -0.2) is 62.9 Å². The zero-order valence-corrected chi connectivity index (χ0v) is 18.1. The third-order valence-electron chi connectivity index (χ3n) is 6.31. The first-order valence-corrected chi connectivity index (χ1v) is 12.3. The molecule has 3 heterocycles. The summed E-state index contributed by atoms with van der Waals surface area (Å²) in [4.78, 5) is 13.6. The van der Waals surface area contributed by atoms with Gasteiger partial charge in [0.15, 0.2) is 11.6 Å². The molecule has 2 fully saturated rings. The van der Waals surface area contributed by atoms with Gasteiger partial charge in [0, 0.05) is 24.2 Å². The summed E-state index contributed by atoms with van der Waals surface area (Å²) < 4.78 is 94.6. The number of carbonyl (C=O) groups is 1. The quantitative estimate of drug-likeness (QED) is 0.658. The number of ether oxygens (including phenoxy) is 2. The minimum atomic E-state index is -4.45. The largest absolute Gasteiger partial charge is 0.482 e.